The van der Waals surface area contributed by atoms with Crippen molar-refractivity contribution >= 4 is 0 Å². The molecule has 1 unspecified atom stereocenters. The average Bonchev–Trinajstić information content (AvgIpc) is 3.10. The second kappa shape index (κ2) is 4.66. The Hall–Kier alpha value is -0.0800. The highest BCUT2D eigenvalue weighted by Gasteiger charge is 2.44. The van der Waals surface area contributed by atoms with Crippen LogP contribution >= 0.6 is 0 Å². The highest BCUT2D eigenvalue weighted by atomic mass is 15.2. The summed E-state index contributed by atoms with van der Waals surface area (Å²) in [4.78, 5) is 2.85. The quantitative estimate of drug-likeness (QED) is 0.788. The SMILES string of the molecule is CC1CCN(C(C2CC2)C2CC2)CCCN1. The fraction of sp³-hybridized carbons (Fsp3) is 1.00. The molecular formula is C14H26N2. The summed E-state index contributed by atoms with van der Waals surface area (Å²) in [6, 6.07) is 1.70. The van der Waals surface area contributed by atoms with Crippen molar-refractivity contribution in [3.8, 4) is 0 Å². The van der Waals surface area contributed by atoms with Crippen LogP contribution in [0.5, 0.6) is 0 Å². The maximum absolute atomic E-state index is 3.61. The summed E-state index contributed by atoms with van der Waals surface area (Å²) in [6.45, 7) is 6.25. The molecule has 0 amide bonds. The average molecular weight is 222 g/mol. The molecule has 1 saturated heterocycles. The number of nitrogens with zero attached hydrogens (tertiary/aromatic N) is 1. The second-order valence-corrected chi connectivity index (χ2v) is 6.20. The Morgan fingerprint density at radius 2 is 1.69 bits per heavy atom. The molecule has 2 heteroatoms. The molecule has 0 radical (unpaired) electrons. The van der Waals surface area contributed by atoms with E-state index < -0.39 is 0 Å². The van der Waals surface area contributed by atoms with Crippen molar-refractivity contribution in [3.63, 3.8) is 0 Å². The van der Waals surface area contributed by atoms with Crippen LogP contribution < -0.4 is 5.32 Å². The lowest BCUT2D eigenvalue weighted by Crippen LogP contribution is -2.45. The molecule has 3 fully saturated rings. The Morgan fingerprint density at radius 3 is 2.31 bits per heavy atom. The van der Waals surface area contributed by atoms with Crippen molar-refractivity contribution in [2.45, 2.75) is 57.5 Å². The smallest absolute Gasteiger partial charge is 0.0152 e. The Balaban J connectivity index is 1.61. The van der Waals surface area contributed by atoms with E-state index in [9.17, 15) is 0 Å². The van der Waals surface area contributed by atoms with Crippen molar-refractivity contribution in [2.75, 3.05) is 19.6 Å². The summed E-state index contributed by atoms with van der Waals surface area (Å²) >= 11 is 0. The summed E-state index contributed by atoms with van der Waals surface area (Å²) in [5.41, 5.74) is 0. The Labute approximate surface area is 99.8 Å². The monoisotopic (exact) mass is 222 g/mol. The first-order chi connectivity index (χ1) is 7.84. The molecule has 0 aromatic heterocycles. The van der Waals surface area contributed by atoms with E-state index in [-0.39, 0.29) is 0 Å². The lowest BCUT2D eigenvalue weighted by atomic mass is 10.0. The van der Waals surface area contributed by atoms with Crippen LogP contribution in [0.3, 0.4) is 0 Å². The predicted molar refractivity (Wildman–Crippen MR) is 67.5 cm³/mol. The van der Waals surface area contributed by atoms with Gasteiger partial charge < -0.3 is 5.32 Å². The van der Waals surface area contributed by atoms with E-state index >= 15 is 0 Å². The summed E-state index contributed by atoms with van der Waals surface area (Å²) < 4.78 is 0. The summed E-state index contributed by atoms with van der Waals surface area (Å²) in [7, 11) is 0. The van der Waals surface area contributed by atoms with E-state index in [0.29, 0.717) is 0 Å². The molecule has 3 aliphatic rings. The maximum atomic E-state index is 3.61. The van der Waals surface area contributed by atoms with Gasteiger partial charge in [-0.15, -0.1) is 0 Å². The van der Waals surface area contributed by atoms with E-state index in [0.717, 1.165) is 23.9 Å². The van der Waals surface area contributed by atoms with Crippen LogP contribution in [0.25, 0.3) is 0 Å². The number of hydrogen-bond acceptors (Lipinski definition) is 2. The van der Waals surface area contributed by atoms with Crippen LogP contribution in [-0.2, 0) is 0 Å². The van der Waals surface area contributed by atoms with Gasteiger partial charge in [-0.25, -0.2) is 0 Å². The predicted octanol–water partition coefficient (Wildman–Crippen LogP) is 2.25. The first-order valence-electron chi connectivity index (χ1n) is 7.32. The number of rotatable bonds is 3. The number of hydrogen-bond donors (Lipinski definition) is 1. The van der Waals surface area contributed by atoms with Crippen molar-refractivity contribution in [1.82, 2.24) is 10.2 Å². The molecule has 2 aliphatic carbocycles. The molecule has 92 valence electrons. The van der Waals surface area contributed by atoms with Crippen LogP contribution in [0.1, 0.15) is 45.4 Å². The molecule has 0 aromatic rings. The van der Waals surface area contributed by atoms with Crippen LogP contribution in [-0.4, -0.2) is 36.6 Å². The van der Waals surface area contributed by atoms with Crippen molar-refractivity contribution < 1.29 is 0 Å². The van der Waals surface area contributed by atoms with Gasteiger partial charge in [0.2, 0.25) is 0 Å². The third kappa shape index (κ3) is 2.60. The minimum atomic E-state index is 0.724. The molecule has 0 spiro atoms. The molecule has 0 bridgehead atoms. The highest BCUT2D eigenvalue weighted by Crippen LogP contribution is 2.47. The molecule has 1 atom stereocenters. The minimum Gasteiger partial charge on any atom is -0.314 e. The number of nitrogens with one attached hydrogen (secondary N) is 1. The molecular weight excluding hydrogens is 196 g/mol. The van der Waals surface area contributed by atoms with Crippen molar-refractivity contribution in [1.29, 1.82) is 0 Å². The van der Waals surface area contributed by atoms with E-state index in [4.69, 9.17) is 0 Å². The summed E-state index contributed by atoms with van der Waals surface area (Å²) in [6.07, 6.45) is 8.77. The van der Waals surface area contributed by atoms with Gasteiger partial charge in [-0.1, -0.05) is 0 Å². The van der Waals surface area contributed by atoms with Gasteiger partial charge in [-0.05, 0) is 76.9 Å². The summed E-state index contributed by atoms with van der Waals surface area (Å²) in [5.74, 6) is 2.16. The van der Waals surface area contributed by atoms with Gasteiger partial charge in [0.25, 0.3) is 0 Å². The molecule has 0 aromatic carbocycles. The molecule has 1 N–H and O–H groups in total. The Bertz CT molecular complexity index is 221. The maximum Gasteiger partial charge on any atom is 0.0152 e. The van der Waals surface area contributed by atoms with Gasteiger partial charge in [-0.3, -0.25) is 4.90 Å². The molecule has 2 saturated carbocycles. The zero-order valence-corrected chi connectivity index (χ0v) is 10.6. The first kappa shape index (κ1) is 11.0. The lowest BCUT2D eigenvalue weighted by Gasteiger charge is -2.35. The molecule has 1 heterocycles. The molecule has 2 nitrogen and oxygen atoms in total. The molecule has 3 rings (SSSR count). The highest BCUT2D eigenvalue weighted by molar-refractivity contribution is 4.98. The van der Waals surface area contributed by atoms with Crippen LogP contribution in [0.4, 0.5) is 0 Å². The van der Waals surface area contributed by atoms with E-state index in [2.05, 4.69) is 17.1 Å². The standard InChI is InChI=1S/C14H26N2/c1-11-7-10-16(9-2-8-15-11)14(12-3-4-12)13-5-6-13/h11-15H,2-10H2,1H3. The zero-order valence-electron chi connectivity index (χ0n) is 10.6. The van der Waals surface area contributed by atoms with Gasteiger partial charge in [0.15, 0.2) is 0 Å². The second-order valence-electron chi connectivity index (χ2n) is 6.20. The largest absolute Gasteiger partial charge is 0.314 e. The Kier molecular flexibility index (Phi) is 3.21. The normalized spacial score (nSPS) is 33.8. The van der Waals surface area contributed by atoms with E-state index in [1.54, 1.807) is 0 Å². The van der Waals surface area contributed by atoms with Crippen LogP contribution in [0.2, 0.25) is 0 Å². The van der Waals surface area contributed by atoms with E-state index in [1.807, 2.05) is 0 Å². The van der Waals surface area contributed by atoms with Crippen LogP contribution in [0.15, 0.2) is 0 Å². The van der Waals surface area contributed by atoms with Crippen LogP contribution in [0, 0.1) is 11.8 Å². The minimum absolute atomic E-state index is 0.724. The van der Waals surface area contributed by atoms with Gasteiger partial charge in [-0.2, -0.15) is 0 Å². The van der Waals surface area contributed by atoms with Gasteiger partial charge in [0, 0.05) is 12.1 Å². The fourth-order valence-electron chi connectivity index (χ4n) is 3.36. The topological polar surface area (TPSA) is 15.3 Å². The molecule has 1 aliphatic heterocycles. The van der Waals surface area contributed by atoms with E-state index in [1.165, 1.54) is 58.2 Å². The first-order valence-corrected chi connectivity index (χ1v) is 7.32. The van der Waals surface area contributed by atoms with Gasteiger partial charge >= 0.3 is 0 Å². The summed E-state index contributed by atoms with van der Waals surface area (Å²) in [5, 5.41) is 3.61. The lowest BCUT2D eigenvalue weighted by molar-refractivity contribution is 0.139. The van der Waals surface area contributed by atoms with Gasteiger partial charge in [0.05, 0.1) is 0 Å². The fourth-order valence-corrected chi connectivity index (χ4v) is 3.36. The molecule has 16 heavy (non-hydrogen) atoms. The Morgan fingerprint density at radius 1 is 1.00 bits per heavy atom. The third-order valence-corrected chi connectivity index (χ3v) is 4.60. The van der Waals surface area contributed by atoms with Gasteiger partial charge in [0.1, 0.15) is 0 Å². The third-order valence-electron chi connectivity index (χ3n) is 4.60. The van der Waals surface area contributed by atoms with Crippen molar-refractivity contribution in [2.24, 2.45) is 11.8 Å². The van der Waals surface area contributed by atoms with Crippen molar-refractivity contribution in [3.05, 3.63) is 0 Å². The zero-order chi connectivity index (χ0) is 11.0.